The molecule has 0 aliphatic heterocycles. The van der Waals surface area contributed by atoms with Crippen LogP contribution in [0.25, 0.3) is 11.7 Å². The molecule has 0 spiro atoms. The molecule has 2 rings (SSSR count). The van der Waals surface area contributed by atoms with Gasteiger partial charge < -0.3 is 0 Å². The number of pyridine rings is 1. The summed E-state index contributed by atoms with van der Waals surface area (Å²) in [7, 11) is 0. The van der Waals surface area contributed by atoms with Crippen LogP contribution in [0.15, 0.2) is 30.0 Å². The van der Waals surface area contributed by atoms with Crippen LogP contribution in [0.5, 0.6) is 0 Å². The quantitative estimate of drug-likeness (QED) is 0.777. The SMILES string of the molecule is CCC(=Cc1c(Cl)nc2ccccn12)CBr. The standard InChI is InChI=1S/C12H12BrClN2/c1-2-9(8-13)7-10-12(14)15-11-5-3-4-6-16(10)11/h3-7H,2,8H2,1H3. The highest BCUT2D eigenvalue weighted by atomic mass is 79.9. The van der Waals surface area contributed by atoms with E-state index in [4.69, 9.17) is 11.6 Å². The lowest BCUT2D eigenvalue weighted by atomic mass is 10.2. The fourth-order valence-electron chi connectivity index (χ4n) is 1.54. The van der Waals surface area contributed by atoms with Gasteiger partial charge in [-0.05, 0) is 24.6 Å². The Bertz CT molecular complexity index is 525. The van der Waals surface area contributed by atoms with Gasteiger partial charge in [0.05, 0.1) is 5.69 Å². The summed E-state index contributed by atoms with van der Waals surface area (Å²) in [5.41, 5.74) is 3.13. The number of hydrogen-bond acceptors (Lipinski definition) is 1. The summed E-state index contributed by atoms with van der Waals surface area (Å²) < 4.78 is 2.00. The second-order valence-corrected chi connectivity index (χ2v) is 4.43. The van der Waals surface area contributed by atoms with Crippen LogP contribution in [0, 0.1) is 0 Å². The summed E-state index contributed by atoms with van der Waals surface area (Å²) in [5.74, 6) is 0. The Hall–Kier alpha value is -0.800. The van der Waals surface area contributed by atoms with Gasteiger partial charge >= 0.3 is 0 Å². The van der Waals surface area contributed by atoms with Gasteiger partial charge in [-0.1, -0.05) is 46.1 Å². The number of halogens is 2. The maximum atomic E-state index is 6.13. The van der Waals surface area contributed by atoms with Gasteiger partial charge in [-0.2, -0.15) is 0 Å². The van der Waals surface area contributed by atoms with Crippen molar-refractivity contribution in [1.82, 2.24) is 9.38 Å². The molecule has 0 aliphatic rings. The molecule has 0 unspecified atom stereocenters. The summed E-state index contributed by atoms with van der Waals surface area (Å²) >= 11 is 9.60. The van der Waals surface area contributed by atoms with E-state index in [1.54, 1.807) is 0 Å². The number of aromatic nitrogens is 2. The molecule has 0 saturated carbocycles. The van der Waals surface area contributed by atoms with Crippen LogP contribution in [-0.2, 0) is 0 Å². The Morgan fingerprint density at radius 2 is 2.38 bits per heavy atom. The minimum absolute atomic E-state index is 0.554. The second kappa shape index (κ2) is 5.02. The molecule has 2 heterocycles. The smallest absolute Gasteiger partial charge is 0.155 e. The summed E-state index contributed by atoms with van der Waals surface area (Å²) in [4.78, 5) is 4.30. The maximum Gasteiger partial charge on any atom is 0.155 e. The van der Waals surface area contributed by atoms with Gasteiger partial charge in [-0.25, -0.2) is 4.98 Å². The van der Waals surface area contributed by atoms with Crippen molar-refractivity contribution >= 4 is 39.3 Å². The monoisotopic (exact) mass is 298 g/mol. The van der Waals surface area contributed by atoms with E-state index in [1.807, 2.05) is 28.8 Å². The van der Waals surface area contributed by atoms with Crippen molar-refractivity contribution in [2.24, 2.45) is 0 Å². The third-order valence-electron chi connectivity index (χ3n) is 2.49. The Balaban J connectivity index is 2.59. The molecule has 84 valence electrons. The summed E-state index contributed by atoms with van der Waals surface area (Å²) in [6, 6.07) is 5.88. The summed E-state index contributed by atoms with van der Waals surface area (Å²) in [6.45, 7) is 2.13. The molecule has 0 bridgehead atoms. The van der Waals surface area contributed by atoms with Gasteiger partial charge in [0.15, 0.2) is 5.15 Å². The Labute approximate surface area is 108 Å². The van der Waals surface area contributed by atoms with Crippen molar-refractivity contribution in [2.75, 3.05) is 5.33 Å². The van der Waals surface area contributed by atoms with E-state index in [0.717, 1.165) is 23.1 Å². The highest BCUT2D eigenvalue weighted by Gasteiger charge is 2.07. The number of rotatable bonds is 3. The Morgan fingerprint density at radius 1 is 1.56 bits per heavy atom. The first-order chi connectivity index (χ1) is 7.76. The van der Waals surface area contributed by atoms with E-state index in [1.165, 1.54) is 5.57 Å². The normalized spacial score (nSPS) is 12.3. The van der Waals surface area contributed by atoms with Crippen LogP contribution in [0.1, 0.15) is 19.0 Å². The topological polar surface area (TPSA) is 17.3 Å². The number of hydrogen-bond donors (Lipinski definition) is 0. The van der Waals surface area contributed by atoms with E-state index in [-0.39, 0.29) is 0 Å². The zero-order valence-corrected chi connectivity index (χ0v) is 11.3. The molecule has 0 aromatic carbocycles. The molecule has 4 heteroatoms. The van der Waals surface area contributed by atoms with Crippen LogP contribution in [0.2, 0.25) is 5.15 Å². The van der Waals surface area contributed by atoms with Gasteiger partial charge in [0.25, 0.3) is 0 Å². The van der Waals surface area contributed by atoms with Gasteiger partial charge in [-0.3, -0.25) is 4.40 Å². The minimum Gasteiger partial charge on any atom is -0.299 e. The van der Waals surface area contributed by atoms with Crippen molar-refractivity contribution in [3.8, 4) is 0 Å². The minimum atomic E-state index is 0.554. The van der Waals surface area contributed by atoms with E-state index in [0.29, 0.717) is 5.15 Å². The molecule has 2 nitrogen and oxygen atoms in total. The Kier molecular flexibility index (Phi) is 3.66. The molecule has 16 heavy (non-hydrogen) atoms. The van der Waals surface area contributed by atoms with Gasteiger partial charge in [0, 0.05) is 11.5 Å². The maximum absolute atomic E-state index is 6.13. The Morgan fingerprint density at radius 3 is 3.06 bits per heavy atom. The number of alkyl halides is 1. The predicted octanol–water partition coefficient (Wildman–Crippen LogP) is 4.18. The lowest BCUT2D eigenvalue weighted by Gasteiger charge is -2.00. The van der Waals surface area contributed by atoms with Crippen molar-refractivity contribution in [2.45, 2.75) is 13.3 Å². The highest BCUT2D eigenvalue weighted by Crippen LogP contribution is 2.21. The molecule has 0 N–H and O–H groups in total. The van der Waals surface area contributed by atoms with Crippen molar-refractivity contribution in [1.29, 1.82) is 0 Å². The molecule has 0 aliphatic carbocycles. The lowest BCUT2D eigenvalue weighted by Crippen LogP contribution is -1.88. The van der Waals surface area contributed by atoms with E-state index in [2.05, 4.69) is 33.9 Å². The molecule has 2 aromatic heterocycles. The largest absolute Gasteiger partial charge is 0.299 e. The first-order valence-corrected chi connectivity index (χ1v) is 6.64. The van der Waals surface area contributed by atoms with E-state index in [9.17, 15) is 0 Å². The third-order valence-corrected chi connectivity index (χ3v) is 3.49. The van der Waals surface area contributed by atoms with Crippen LogP contribution in [-0.4, -0.2) is 14.7 Å². The lowest BCUT2D eigenvalue weighted by molar-refractivity contribution is 1.11. The van der Waals surface area contributed by atoms with Gasteiger partial charge in [-0.15, -0.1) is 0 Å². The third kappa shape index (κ3) is 2.15. The fourth-order valence-corrected chi connectivity index (χ4v) is 2.33. The predicted molar refractivity (Wildman–Crippen MR) is 72.3 cm³/mol. The summed E-state index contributed by atoms with van der Waals surface area (Å²) in [5, 5.41) is 1.41. The highest BCUT2D eigenvalue weighted by molar-refractivity contribution is 9.09. The first kappa shape index (κ1) is 11.7. The molecule has 0 fully saturated rings. The number of allylic oxidation sites excluding steroid dienone is 1. The average molecular weight is 300 g/mol. The van der Waals surface area contributed by atoms with Crippen molar-refractivity contribution in [3.63, 3.8) is 0 Å². The molecule has 0 radical (unpaired) electrons. The number of nitrogens with zero attached hydrogens (tertiary/aromatic N) is 2. The van der Waals surface area contributed by atoms with Crippen LogP contribution in [0.3, 0.4) is 0 Å². The van der Waals surface area contributed by atoms with Crippen LogP contribution >= 0.6 is 27.5 Å². The zero-order valence-electron chi connectivity index (χ0n) is 8.95. The molecule has 0 amide bonds. The van der Waals surface area contributed by atoms with Gasteiger partial charge in [0.2, 0.25) is 0 Å². The molecule has 0 atom stereocenters. The van der Waals surface area contributed by atoms with Crippen molar-refractivity contribution in [3.05, 3.63) is 40.8 Å². The molecular weight excluding hydrogens is 288 g/mol. The zero-order chi connectivity index (χ0) is 11.5. The average Bonchev–Trinajstić information content (AvgIpc) is 2.62. The van der Waals surface area contributed by atoms with E-state index >= 15 is 0 Å². The van der Waals surface area contributed by atoms with Crippen LogP contribution in [0.4, 0.5) is 0 Å². The first-order valence-electron chi connectivity index (χ1n) is 5.14. The molecule has 2 aromatic rings. The van der Waals surface area contributed by atoms with E-state index < -0.39 is 0 Å². The van der Waals surface area contributed by atoms with Gasteiger partial charge in [0.1, 0.15) is 5.65 Å². The van der Waals surface area contributed by atoms with Crippen molar-refractivity contribution < 1.29 is 0 Å². The molecule has 0 saturated heterocycles. The number of imidazole rings is 1. The number of fused-ring (bicyclic) bond motifs is 1. The summed E-state index contributed by atoms with van der Waals surface area (Å²) in [6.07, 6.45) is 5.07. The molecular formula is C12H12BrClN2. The van der Waals surface area contributed by atoms with Crippen LogP contribution < -0.4 is 0 Å². The second-order valence-electron chi connectivity index (χ2n) is 3.51. The fraction of sp³-hybridized carbons (Fsp3) is 0.250.